The van der Waals surface area contributed by atoms with Crippen LogP contribution in [-0.2, 0) is 13.1 Å². The number of aliphatic hydroxyl groups is 1. The summed E-state index contributed by atoms with van der Waals surface area (Å²) in [5.41, 5.74) is 3.69. The molecule has 120 valence electrons. The second kappa shape index (κ2) is 7.41. The zero-order valence-corrected chi connectivity index (χ0v) is 14.1. The Morgan fingerprint density at radius 1 is 1.24 bits per heavy atom. The molecule has 0 radical (unpaired) electrons. The second-order valence-corrected chi connectivity index (χ2v) is 6.73. The third-order valence-electron chi connectivity index (χ3n) is 4.89. The van der Waals surface area contributed by atoms with Crippen LogP contribution in [0.4, 0.5) is 0 Å². The smallest absolute Gasteiger partial charge is 0.0644 e. The molecule has 4 nitrogen and oxygen atoms in total. The van der Waals surface area contributed by atoms with Crippen molar-refractivity contribution in [2.24, 2.45) is 5.92 Å². The van der Waals surface area contributed by atoms with Crippen LogP contribution in [0.2, 0.25) is 0 Å². The third kappa shape index (κ3) is 3.86. The first-order chi connectivity index (χ1) is 10.0. The van der Waals surface area contributed by atoms with Crippen LogP contribution in [-0.4, -0.2) is 39.0 Å². The minimum atomic E-state index is 0.153. The van der Waals surface area contributed by atoms with Crippen LogP contribution in [0, 0.1) is 19.8 Å². The van der Waals surface area contributed by atoms with E-state index in [1.165, 1.54) is 43.5 Å². The quantitative estimate of drug-likeness (QED) is 0.907. The fourth-order valence-corrected chi connectivity index (χ4v) is 3.62. The van der Waals surface area contributed by atoms with Crippen LogP contribution in [0.1, 0.15) is 56.5 Å². The minimum Gasteiger partial charge on any atom is -0.394 e. The van der Waals surface area contributed by atoms with Crippen LogP contribution in [0.15, 0.2) is 0 Å². The van der Waals surface area contributed by atoms with Gasteiger partial charge in [0.15, 0.2) is 0 Å². The van der Waals surface area contributed by atoms with E-state index in [2.05, 4.69) is 37.7 Å². The molecule has 0 bridgehead atoms. The van der Waals surface area contributed by atoms with Gasteiger partial charge in [-0.1, -0.05) is 26.7 Å². The number of aryl methyl sites for hydroxylation is 1. The number of aromatic nitrogens is 2. The van der Waals surface area contributed by atoms with Crippen LogP contribution in [0.3, 0.4) is 0 Å². The summed E-state index contributed by atoms with van der Waals surface area (Å²) >= 11 is 0. The van der Waals surface area contributed by atoms with E-state index < -0.39 is 0 Å². The van der Waals surface area contributed by atoms with Crippen molar-refractivity contribution in [1.82, 2.24) is 14.7 Å². The average Bonchev–Trinajstić information content (AvgIpc) is 2.63. The van der Waals surface area contributed by atoms with Crippen molar-refractivity contribution in [2.45, 2.75) is 72.5 Å². The van der Waals surface area contributed by atoms with Gasteiger partial charge in [0.1, 0.15) is 0 Å². The third-order valence-corrected chi connectivity index (χ3v) is 4.89. The Bertz CT molecular complexity index is 453. The lowest BCUT2D eigenvalue weighted by atomic mass is 9.97. The molecule has 1 saturated heterocycles. The van der Waals surface area contributed by atoms with E-state index in [9.17, 15) is 0 Å². The summed E-state index contributed by atoms with van der Waals surface area (Å²) in [5.74, 6) is 0.705. The first kappa shape index (κ1) is 16.5. The van der Waals surface area contributed by atoms with Crippen molar-refractivity contribution in [2.75, 3.05) is 13.2 Å². The van der Waals surface area contributed by atoms with E-state index >= 15 is 0 Å². The number of nitrogens with zero attached hydrogens (tertiary/aromatic N) is 3. The van der Waals surface area contributed by atoms with E-state index in [1.54, 1.807) is 0 Å². The molecule has 1 aliphatic heterocycles. The van der Waals surface area contributed by atoms with Gasteiger partial charge in [0.2, 0.25) is 0 Å². The Labute approximate surface area is 129 Å². The standard InChI is InChI=1S/C17H31N3O/c1-13(2)17-8-6-5-7-9-19(17)12-16-14(3)18-20(10-11-21)15(16)4/h13,17,21H,5-12H2,1-4H3. The number of rotatable bonds is 5. The van der Waals surface area contributed by atoms with Gasteiger partial charge in [-0.2, -0.15) is 5.10 Å². The van der Waals surface area contributed by atoms with Gasteiger partial charge in [0.25, 0.3) is 0 Å². The predicted molar refractivity (Wildman–Crippen MR) is 86.3 cm³/mol. The largest absolute Gasteiger partial charge is 0.394 e. The minimum absolute atomic E-state index is 0.153. The predicted octanol–water partition coefficient (Wildman–Crippen LogP) is 2.89. The molecule has 1 aromatic rings. The summed E-state index contributed by atoms with van der Waals surface area (Å²) in [5, 5.41) is 13.7. The molecule has 1 aliphatic rings. The Balaban J connectivity index is 2.18. The summed E-state index contributed by atoms with van der Waals surface area (Å²) in [4.78, 5) is 2.66. The Hall–Kier alpha value is -0.870. The van der Waals surface area contributed by atoms with E-state index in [1.807, 2.05) is 4.68 Å². The number of hydrogen-bond acceptors (Lipinski definition) is 3. The molecular formula is C17H31N3O. The highest BCUT2D eigenvalue weighted by Crippen LogP contribution is 2.26. The molecule has 2 rings (SSSR count). The maximum absolute atomic E-state index is 9.15. The fraction of sp³-hybridized carbons (Fsp3) is 0.824. The fourth-order valence-electron chi connectivity index (χ4n) is 3.62. The summed E-state index contributed by atoms with van der Waals surface area (Å²) in [6, 6.07) is 0.687. The SMILES string of the molecule is Cc1nn(CCO)c(C)c1CN1CCCCCC1C(C)C. The number of hydrogen-bond donors (Lipinski definition) is 1. The average molecular weight is 293 g/mol. The molecule has 1 fully saturated rings. The molecule has 4 heteroatoms. The van der Waals surface area contributed by atoms with Gasteiger partial charge < -0.3 is 5.11 Å². The molecule has 21 heavy (non-hydrogen) atoms. The maximum Gasteiger partial charge on any atom is 0.0644 e. The highest BCUT2D eigenvalue weighted by molar-refractivity contribution is 5.24. The zero-order chi connectivity index (χ0) is 15.4. The van der Waals surface area contributed by atoms with E-state index in [4.69, 9.17) is 5.11 Å². The molecule has 0 saturated carbocycles. The molecule has 0 spiro atoms. The van der Waals surface area contributed by atoms with Gasteiger partial charge in [-0.25, -0.2) is 0 Å². The molecule has 0 aromatic carbocycles. The van der Waals surface area contributed by atoms with Crippen molar-refractivity contribution in [1.29, 1.82) is 0 Å². The van der Waals surface area contributed by atoms with Crippen molar-refractivity contribution >= 4 is 0 Å². The molecule has 1 aromatic heterocycles. The van der Waals surface area contributed by atoms with Gasteiger partial charge in [0, 0.05) is 23.8 Å². The van der Waals surface area contributed by atoms with Gasteiger partial charge in [-0.15, -0.1) is 0 Å². The van der Waals surface area contributed by atoms with E-state index in [0.29, 0.717) is 18.5 Å². The monoisotopic (exact) mass is 293 g/mol. The van der Waals surface area contributed by atoms with Crippen molar-refractivity contribution in [3.05, 3.63) is 17.0 Å². The topological polar surface area (TPSA) is 41.3 Å². The summed E-state index contributed by atoms with van der Waals surface area (Å²) in [6.07, 6.45) is 5.36. The molecular weight excluding hydrogens is 262 g/mol. The van der Waals surface area contributed by atoms with Crippen molar-refractivity contribution in [3.63, 3.8) is 0 Å². The van der Waals surface area contributed by atoms with Gasteiger partial charge in [0.05, 0.1) is 18.8 Å². The van der Waals surface area contributed by atoms with Crippen LogP contribution < -0.4 is 0 Å². The summed E-state index contributed by atoms with van der Waals surface area (Å²) in [6.45, 7) is 11.9. The molecule has 0 amide bonds. The van der Waals surface area contributed by atoms with Crippen LogP contribution in [0.5, 0.6) is 0 Å². The maximum atomic E-state index is 9.15. The van der Waals surface area contributed by atoms with Gasteiger partial charge in [-0.3, -0.25) is 9.58 Å². The van der Waals surface area contributed by atoms with Crippen LogP contribution in [0.25, 0.3) is 0 Å². The first-order valence-electron chi connectivity index (χ1n) is 8.42. The van der Waals surface area contributed by atoms with E-state index in [0.717, 1.165) is 12.2 Å². The molecule has 1 atom stereocenters. The Morgan fingerprint density at radius 2 is 2.00 bits per heavy atom. The highest BCUT2D eigenvalue weighted by atomic mass is 16.3. The van der Waals surface area contributed by atoms with Gasteiger partial charge >= 0.3 is 0 Å². The second-order valence-electron chi connectivity index (χ2n) is 6.73. The summed E-state index contributed by atoms with van der Waals surface area (Å²) < 4.78 is 1.95. The molecule has 1 unspecified atom stereocenters. The zero-order valence-electron chi connectivity index (χ0n) is 14.1. The lowest BCUT2D eigenvalue weighted by molar-refractivity contribution is 0.148. The Kier molecular flexibility index (Phi) is 5.82. The van der Waals surface area contributed by atoms with Gasteiger partial charge in [-0.05, 0) is 39.2 Å². The lowest BCUT2D eigenvalue weighted by Gasteiger charge is -2.33. The normalized spacial score (nSPS) is 21.0. The molecule has 0 aliphatic carbocycles. The number of likely N-dealkylation sites (tertiary alicyclic amines) is 1. The lowest BCUT2D eigenvalue weighted by Crippen LogP contribution is -2.38. The summed E-state index contributed by atoms with van der Waals surface area (Å²) in [7, 11) is 0. The molecule has 2 heterocycles. The highest BCUT2D eigenvalue weighted by Gasteiger charge is 2.25. The van der Waals surface area contributed by atoms with Crippen molar-refractivity contribution in [3.8, 4) is 0 Å². The Morgan fingerprint density at radius 3 is 2.67 bits per heavy atom. The van der Waals surface area contributed by atoms with Crippen molar-refractivity contribution < 1.29 is 5.11 Å². The molecule has 1 N–H and O–H groups in total. The van der Waals surface area contributed by atoms with Crippen LogP contribution >= 0.6 is 0 Å². The number of aliphatic hydroxyl groups excluding tert-OH is 1. The first-order valence-corrected chi connectivity index (χ1v) is 8.42. The van der Waals surface area contributed by atoms with E-state index in [-0.39, 0.29) is 6.61 Å².